The lowest BCUT2D eigenvalue weighted by Gasteiger charge is -2.34. The third kappa shape index (κ3) is 4.59. The van der Waals surface area contributed by atoms with E-state index in [-0.39, 0.29) is 17.7 Å². The molecular weight excluding hydrogens is 384 g/mol. The molecule has 2 aromatic rings. The third-order valence-corrected chi connectivity index (χ3v) is 4.74. The Hall–Kier alpha value is -2.67. The van der Waals surface area contributed by atoms with E-state index < -0.39 is 35.6 Å². The molecule has 0 aliphatic heterocycles. The normalized spacial score (nSPS) is 24.2. The second kappa shape index (κ2) is 9.01. The summed E-state index contributed by atoms with van der Waals surface area (Å²) in [6.07, 6.45) is -2.55. The zero-order chi connectivity index (χ0) is 20.1. The molecule has 3 rings (SSSR count). The Kier molecular flexibility index (Phi) is 6.46. The van der Waals surface area contributed by atoms with Crippen molar-refractivity contribution in [2.45, 2.75) is 23.7 Å². The molecule has 0 saturated carbocycles. The average Bonchev–Trinajstić information content (AvgIpc) is 2.73. The van der Waals surface area contributed by atoms with E-state index >= 15 is 0 Å². The highest BCUT2D eigenvalue weighted by Crippen LogP contribution is 2.27. The van der Waals surface area contributed by atoms with Gasteiger partial charge in [0, 0.05) is 0 Å². The van der Waals surface area contributed by atoms with Crippen LogP contribution in [0.15, 0.2) is 72.3 Å². The first-order chi connectivity index (χ1) is 13.5. The van der Waals surface area contributed by atoms with Crippen molar-refractivity contribution >= 4 is 23.5 Å². The van der Waals surface area contributed by atoms with E-state index in [1.807, 2.05) is 0 Å². The molecule has 146 valence electrons. The number of alkyl halides is 1. The first-order valence-electron chi connectivity index (χ1n) is 8.66. The van der Waals surface area contributed by atoms with Gasteiger partial charge in [0.05, 0.1) is 16.5 Å². The van der Waals surface area contributed by atoms with Gasteiger partial charge in [-0.15, -0.1) is 11.6 Å². The van der Waals surface area contributed by atoms with Gasteiger partial charge in [-0.2, -0.15) is 0 Å². The zero-order valence-electron chi connectivity index (χ0n) is 14.8. The molecule has 1 aliphatic rings. The molecule has 0 spiro atoms. The van der Waals surface area contributed by atoms with Crippen LogP contribution >= 0.6 is 11.6 Å². The van der Waals surface area contributed by atoms with E-state index in [9.17, 15) is 19.8 Å². The van der Waals surface area contributed by atoms with Gasteiger partial charge in [0.15, 0.2) is 6.10 Å². The second-order valence-corrected chi connectivity index (χ2v) is 6.80. The molecule has 0 heterocycles. The minimum absolute atomic E-state index is 0.246. The van der Waals surface area contributed by atoms with Gasteiger partial charge in [-0.3, -0.25) is 0 Å². The number of hydrogen-bond acceptors (Lipinski definition) is 6. The summed E-state index contributed by atoms with van der Waals surface area (Å²) in [5, 5.41) is 19.9. The number of hydrogen-bond donors (Lipinski definition) is 2. The van der Waals surface area contributed by atoms with Gasteiger partial charge in [-0.25, -0.2) is 9.59 Å². The van der Waals surface area contributed by atoms with Crippen LogP contribution < -0.4 is 0 Å². The Morgan fingerprint density at radius 2 is 1.43 bits per heavy atom. The molecule has 4 atom stereocenters. The van der Waals surface area contributed by atoms with Crippen LogP contribution in [0.2, 0.25) is 0 Å². The first kappa shape index (κ1) is 20.1. The van der Waals surface area contributed by atoms with Crippen LogP contribution in [0.4, 0.5) is 0 Å². The fourth-order valence-electron chi connectivity index (χ4n) is 2.82. The first-order valence-corrected chi connectivity index (χ1v) is 9.10. The Morgan fingerprint density at radius 1 is 0.893 bits per heavy atom. The largest absolute Gasteiger partial charge is 0.457 e. The van der Waals surface area contributed by atoms with Crippen molar-refractivity contribution in [3.05, 3.63) is 83.4 Å². The van der Waals surface area contributed by atoms with E-state index in [1.165, 1.54) is 6.08 Å². The van der Waals surface area contributed by atoms with Gasteiger partial charge in [-0.05, 0) is 29.8 Å². The summed E-state index contributed by atoms with van der Waals surface area (Å²) in [6.45, 7) is -0.246. The second-order valence-electron chi connectivity index (χ2n) is 6.30. The molecule has 2 aromatic carbocycles. The van der Waals surface area contributed by atoms with Gasteiger partial charge in [0.1, 0.15) is 18.8 Å². The van der Waals surface area contributed by atoms with Crippen molar-refractivity contribution in [3.63, 3.8) is 0 Å². The standard InChI is InChI=1S/C21H19ClO6/c22-16-11-15(12-27-20(25)13-7-3-1-4-8-13)17(23)19(18(16)24)28-21(26)14-9-5-2-6-10-14/h1-11,16-19,23-24H,12H2/t16-,17-,18-,19-/m1/s1. The van der Waals surface area contributed by atoms with Crippen LogP contribution in [-0.2, 0) is 9.47 Å². The predicted octanol–water partition coefficient (Wildman–Crippen LogP) is 2.34. The molecule has 7 heteroatoms. The monoisotopic (exact) mass is 402 g/mol. The van der Waals surface area contributed by atoms with Crippen molar-refractivity contribution in [2.24, 2.45) is 0 Å². The van der Waals surface area contributed by atoms with Gasteiger partial charge in [-0.1, -0.05) is 42.5 Å². The Morgan fingerprint density at radius 3 is 2.00 bits per heavy atom. The number of aliphatic hydroxyl groups excluding tert-OH is 2. The number of benzene rings is 2. The molecular formula is C21H19ClO6. The summed E-state index contributed by atoms with van der Waals surface area (Å²) in [5.41, 5.74) is 0.892. The highest BCUT2D eigenvalue weighted by molar-refractivity contribution is 6.22. The summed E-state index contributed by atoms with van der Waals surface area (Å²) in [4.78, 5) is 24.4. The van der Waals surface area contributed by atoms with Crippen molar-refractivity contribution in [3.8, 4) is 0 Å². The van der Waals surface area contributed by atoms with E-state index in [1.54, 1.807) is 60.7 Å². The van der Waals surface area contributed by atoms with Crippen molar-refractivity contribution in [1.82, 2.24) is 0 Å². The zero-order valence-corrected chi connectivity index (χ0v) is 15.5. The summed E-state index contributed by atoms with van der Waals surface area (Å²) in [5.74, 6) is -1.26. The number of carbonyl (C=O) groups is 2. The Bertz CT molecular complexity index is 852. The van der Waals surface area contributed by atoms with Crippen LogP contribution in [0.25, 0.3) is 0 Å². The highest BCUT2D eigenvalue weighted by Gasteiger charge is 2.41. The fourth-order valence-corrected chi connectivity index (χ4v) is 3.13. The SMILES string of the molecule is O=C(OCC1=C[C@@H](Cl)[C@@H](O)[C@H](OC(=O)c2ccccc2)[C@@H]1O)c1ccccc1. The van der Waals surface area contributed by atoms with Gasteiger partial charge < -0.3 is 19.7 Å². The lowest BCUT2D eigenvalue weighted by molar-refractivity contribution is -0.0688. The molecule has 0 amide bonds. The van der Waals surface area contributed by atoms with E-state index in [2.05, 4.69) is 0 Å². The van der Waals surface area contributed by atoms with Crippen molar-refractivity contribution in [2.75, 3.05) is 6.61 Å². The van der Waals surface area contributed by atoms with Crippen molar-refractivity contribution in [1.29, 1.82) is 0 Å². The van der Waals surface area contributed by atoms with Crippen LogP contribution in [0, 0.1) is 0 Å². The molecule has 0 aromatic heterocycles. The molecule has 0 radical (unpaired) electrons. The molecule has 0 fully saturated rings. The summed E-state index contributed by atoms with van der Waals surface area (Å²) in [7, 11) is 0. The Labute approximate surface area is 167 Å². The summed E-state index contributed by atoms with van der Waals surface area (Å²) < 4.78 is 10.5. The predicted molar refractivity (Wildman–Crippen MR) is 102 cm³/mol. The number of halogens is 1. The summed E-state index contributed by atoms with van der Waals surface area (Å²) in [6, 6.07) is 16.6. The number of rotatable bonds is 5. The topological polar surface area (TPSA) is 93.1 Å². The third-order valence-electron chi connectivity index (χ3n) is 4.36. The number of esters is 2. The smallest absolute Gasteiger partial charge is 0.338 e. The van der Waals surface area contributed by atoms with Gasteiger partial charge in [0.25, 0.3) is 0 Å². The Balaban J connectivity index is 1.68. The maximum absolute atomic E-state index is 12.3. The molecule has 0 saturated heterocycles. The minimum Gasteiger partial charge on any atom is -0.457 e. The minimum atomic E-state index is -1.36. The van der Waals surface area contributed by atoms with Crippen molar-refractivity contribution < 1.29 is 29.3 Å². The molecule has 2 N–H and O–H groups in total. The van der Waals surface area contributed by atoms with Crippen LogP contribution in [0.1, 0.15) is 20.7 Å². The average molecular weight is 403 g/mol. The van der Waals surface area contributed by atoms with Gasteiger partial charge in [0.2, 0.25) is 0 Å². The number of aliphatic hydroxyl groups is 2. The quantitative estimate of drug-likeness (QED) is 0.453. The lowest BCUT2D eigenvalue weighted by Crippen LogP contribution is -2.50. The van der Waals surface area contributed by atoms with Crippen LogP contribution in [-0.4, -0.2) is 52.4 Å². The molecule has 6 nitrogen and oxygen atoms in total. The molecule has 0 unspecified atom stereocenters. The molecule has 28 heavy (non-hydrogen) atoms. The fraction of sp³-hybridized carbons (Fsp3) is 0.238. The van der Waals surface area contributed by atoms with Crippen LogP contribution in [0.5, 0.6) is 0 Å². The van der Waals surface area contributed by atoms with Gasteiger partial charge >= 0.3 is 11.9 Å². The maximum Gasteiger partial charge on any atom is 0.338 e. The maximum atomic E-state index is 12.3. The molecule has 0 bridgehead atoms. The van der Waals surface area contributed by atoms with E-state index in [4.69, 9.17) is 21.1 Å². The lowest BCUT2D eigenvalue weighted by atomic mass is 9.91. The van der Waals surface area contributed by atoms with E-state index in [0.29, 0.717) is 5.56 Å². The molecule has 1 aliphatic carbocycles. The number of carbonyl (C=O) groups excluding carboxylic acids is 2. The summed E-state index contributed by atoms with van der Waals surface area (Å²) >= 11 is 6.11. The van der Waals surface area contributed by atoms with Crippen LogP contribution in [0.3, 0.4) is 0 Å². The number of ether oxygens (including phenoxy) is 2. The highest BCUT2D eigenvalue weighted by atomic mass is 35.5. The van der Waals surface area contributed by atoms with E-state index in [0.717, 1.165) is 0 Å².